The highest BCUT2D eigenvalue weighted by atomic mass is 16.3. The maximum Gasteiger partial charge on any atom is 0.134 e. The number of hydrogen-bond donors (Lipinski definition) is 1. The molecule has 2 aromatic rings. The molecule has 0 amide bonds. The molecule has 0 aliphatic carbocycles. The molecule has 0 fully saturated rings. The van der Waals surface area contributed by atoms with Gasteiger partial charge in [-0.25, -0.2) is 0 Å². The van der Waals surface area contributed by atoms with Gasteiger partial charge in [-0.2, -0.15) is 0 Å². The monoisotopic (exact) mass is 188 g/mol. The molecule has 0 spiro atoms. The third kappa shape index (κ3) is 1.67. The molecule has 0 bridgehead atoms. The third-order valence-corrected chi connectivity index (χ3v) is 2.04. The van der Waals surface area contributed by atoms with Gasteiger partial charge in [-0.3, -0.25) is 4.98 Å². The Kier molecular flexibility index (Phi) is 2.33. The summed E-state index contributed by atoms with van der Waals surface area (Å²) in [5.41, 5.74) is 6.72. The van der Waals surface area contributed by atoms with Crippen molar-refractivity contribution in [2.45, 2.75) is 13.0 Å². The fourth-order valence-corrected chi connectivity index (χ4v) is 1.27. The highest BCUT2D eigenvalue weighted by molar-refractivity contribution is 5.56. The number of rotatable bonds is 2. The largest absolute Gasteiger partial charge is 0.459 e. The van der Waals surface area contributed by atoms with Crippen LogP contribution < -0.4 is 5.73 Å². The molecule has 1 unspecified atom stereocenters. The van der Waals surface area contributed by atoms with Gasteiger partial charge in [0, 0.05) is 18.0 Å². The van der Waals surface area contributed by atoms with E-state index in [1.54, 1.807) is 12.4 Å². The SMILES string of the molecule is CC(N)c1ccc(-c2ccncc2)o1. The van der Waals surface area contributed by atoms with Gasteiger partial charge in [-0.15, -0.1) is 0 Å². The Morgan fingerprint density at radius 2 is 1.93 bits per heavy atom. The van der Waals surface area contributed by atoms with Gasteiger partial charge in [0.25, 0.3) is 0 Å². The molecule has 2 aromatic heterocycles. The average Bonchev–Trinajstić information content (AvgIpc) is 2.68. The number of aromatic nitrogens is 1. The summed E-state index contributed by atoms with van der Waals surface area (Å²) in [6, 6.07) is 7.58. The van der Waals surface area contributed by atoms with Crippen LogP contribution in [0.25, 0.3) is 11.3 Å². The third-order valence-electron chi connectivity index (χ3n) is 2.04. The van der Waals surface area contributed by atoms with E-state index in [0.717, 1.165) is 17.1 Å². The van der Waals surface area contributed by atoms with Gasteiger partial charge in [0.15, 0.2) is 0 Å². The molecule has 0 aromatic carbocycles. The maximum atomic E-state index is 5.70. The van der Waals surface area contributed by atoms with E-state index in [0.29, 0.717) is 0 Å². The standard InChI is InChI=1S/C11H12N2O/c1-8(12)10-2-3-11(14-10)9-4-6-13-7-5-9/h2-8H,12H2,1H3. The van der Waals surface area contributed by atoms with Crippen molar-refractivity contribution in [3.8, 4) is 11.3 Å². The predicted octanol–water partition coefficient (Wildman–Crippen LogP) is 2.36. The Morgan fingerprint density at radius 3 is 2.50 bits per heavy atom. The van der Waals surface area contributed by atoms with E-state index in [2.05, 4.69) is 4.98 Å². The molecule has 1 atom stereocenters. The minimum Gasteiger partial charge on any atom is -0.459 e. The zero-order valence-corrected chi connectivity index (χ0v) is 7.97. The first-order chi connectivity index (χ1) is 6.77. The van der Waals surface area contributed by atoms with Crippen LogP contribution in [0.2, 0.25) is 0 Å². The van der Waals surface area contributed by atoms with Crippen LogP contribution in [0.5, 0.6) is 0 Å². The highest BCUT2D eigenvalue weighted by Crippen LogP contribution is 2.23. The van der Waals surface area contributed by atoms with Gasteiger partial charge in [-0.1, -0.05) is 0 Å². The Bertz CT molecular complexity index is 406. The van der Waals surface area contributed by atoms with Crippen LogP contribution in [0.1, 0.15) is 18.7 Å². The summed E-state index contributed by atoms with van der Waals surface area (Å²) in [6.07, 6.45) is 3.48. The van der Waals surface area contributed by atoms with Crippen molar-refractivity contribution in [1.29, 1.82) is 0 Å². The van der Waals surface area contributed by atoms with E-state index in [1.807, 2.05) is 31.2 Å². The molecule has 2 heterocycles. The predicted molar refractivity (Wildman–Crippen MR) is 54.5 cm³/mol. The summed E-state index contributed by atoms with van der Waals surface area (Å²) >= 11 is 0. The molecule has 2 rings (SSSR count). The van der Waals surface area contributed by atoms with Crippen LogP contribution in [0, 0.1) is 0 Å². The number of hydrogen-bond acceptors (Lipinski definition) is 3. The van der Waals surface area contributed by atoms with Gasteiger partial charge in [0.1, 0.15) is 11.5 Å². The average molecular weight is 188 g/mol. The lowest BCUT2D eigenvalue weighted by atomic mass is 10.2. The second-order valence-electron chi connectivity index (χ2n) is 3.23. The zero-order valence-electron chi connectivity index (χ0n) is 7.97. The van der Waals surface area contributed by atoms with E-state index in [1.165, 1.54) is 0 Å². The molecule has 0 aliphatic heterocycles. The first kappa shape index (κ1) is 8.97. The minimum absolute atomic E-state index is 0.0643. The molecule has 3 nitrogen and oxygen atoms in total. The number of furan rings is 1. The van der Waals surface area contributed by atoms with E-state index in [-0.39, 0.29) is 6.04 Å². The van der Waals surface area contributed by atoms with Crippen LogP contribution in [-0.2, 0) is 0 Å². The zero-order chi connectivity index (χ0) is 9.97. The molecular formula is C11H12N2O. The lowest BCUT2D eigenvalue weighted by Crippen LogP contribution is -2.02. The maximum absolute atomic E-state index is 5.70. The molecule has 0 saturated heterocycles. The lowest BCUT2D eigenvalue weighted by Gasteiger charge is -1.99. The lowest BCUT2D eigenvalue weighted by molar-refractivity contribution is 0.491. The molecule has 72 valence electrons. The normalized spacial score (nSPS) is 12.7. The summed E-state index contributed by atoms with van der Waals surface area (Å²) in [5.74, 6) is 1.64. The van der Waals surface area contributed by atoms with E-state index >= 15 is 0 Å². The van der Waals surface area contributed by atoms with Crippen LogP contribution in [-0.4, -0.2) is 4.98 Å². The van der Waals surface area contributed by atoms with Crippen molar-refractivity contribution in [1.82, 2.24) is 4.98 Å². The summed E-state index contributed by atoms with van der Waals surface area (Å²) in [5, 5.41) is 0. The minimum atomic E-state index is -0.0643. The Hall–Kier alpha value is -1.61. The van der Waals surface area contributed by atoms with E-state index < -0.39 is 0 Å². The second-order valence-corrected chi connectivity index (χ2v) is 3.23. The summed E-state index contributed by atoms with van der Waals surface area (Å²) in [4.78, 5) is 3.95. The van der Waals surface area contributed by atoms with Crippen LogP contribution in [0.4, 0.5) is 0 Å². The van der Waals surface area contributed by atoms with Crippen molar-refractivity contribution in [2.75, 3.05) is 0 Å². The molecule has 3 heteroatoms. The first-order valence-corrected chi connectivity index (χ1v) is 4.53. The first-order valence-electron chi connectivity index (χ1n) is 4.53. The molecule has 2 N–H and O–H groups in total. The highest BCUT2D eigenvalue weighted by Gasteiger charge is 2.06. The molecule has 0 saturated carbocycles. The van der Waals surface area contributed by atoms with Crippen molar-refractivity contribution in [3.05, 3.63) is 42.4 Å². The van der Waals surface area contributed by atoms with Gasteiger partial charge >= 0.3 is 0 Å². The molecule has 0 radical (unpaired) electrons. The fraction of sp³-hybridized carbons (Fsp3) is 0.182. The topological polar surface area (TPSA) is 52.0 Å². The van der Waals surface area contributed by atoms with Gasteiger partial charge in [-0.05, 0) is 31.2 Å². The van der Waals surface area contributed by atoms with E-state index in [4.69, 9.17) is 10.2 Å². The van der Waals surface area contributed by atoms with Gasteiger partial charge in [0.2, 0.25) is 0 Å². The second kappa shape index (κ2) is 3.64. The Balaban J connectivity index is 2.34. The van der Waals surface area contributed by atoms with Crippen molar-refractivity contribution in [2.24, 2.45) is 5.73 Å². The number of nitrogens with zero attached hydrogens (tertiary/aromatic N) is 1. The van der Waals surface area contributed by atoms with Crippen LogP contribution >= 0.6 is 0 Å². The van der Waals surface area contributed by atoms with Crippen molar-refractivity contribution >= 4 is 0 Å². The number of pyridine rings is 1. The Morgan fingerprint density at radius 1 is 1.21 bits per heavy atom. The Labute approximate surface area is 82.6 Å². The van der Waals surface area contributed by atoms with E-state index in [9.17, 15) is 0 Å². The van der Waals surface area contributed by atoms with Gasteiger partial charge in [0.05, 0.1) is 6.04 Å². The fourth-order valence-electron chi connectivity index (χ4n) is 1.27. The smallest absolute Gasteiger partial charge is 0.134 e. The quantitative estimate of drug-likeness (QED) is 0.787. The molecule has 14 heavy (non-hydrogen) atoms. The molecule has 0 aliphatic rings. The molecular weight excluding hydrogens is 176 g/mol. The summed E-state index contributed by atoms with van der Waals surface area (Å²) in [6.45, 7) is 1.90. The summed E-state index contributed by atoms with van der Waals surface area (Å²) in [7, 11) is 0. The van der Waals surface area contributed by atoms with Crippen LogP contribution in [0.3, 0.4) is 0 Å². The van der Waals surface area contributed by atoms with Crippen LogP contribution in [0.15, 0.2) is 41.1 Å². The van der Waals surface area contributed by atoms with Crippen molar-refractivity contribution < 1.29 is 4.42 Å². The number of nitrogens with two attached hydrogens (primary N) is 1. The van der Waals surface area contributed by atoms with Gasteiger partial charge < -0.3 is 10.2 Å². The summed E-state index contributed by atoms with van der Waals surface area (Å²) < 4.78 is 5.58. The van der Waals surface area contributed by atoms with Crippen molar-refractivity contribution in [3.63, 3.8) is 0 Å².